The first-order valence-corrected chi connectivity index (χ1v) is 12.4. The molecule has 2 N–H and O–H groups in total. The third-order valence-corrected chi connectivity index (χ3v) is 9.01. The van der Waals surface area contributed by atoms with Gasteiger partial charge in [-0.25, -0.2) is 0 Å². The highest BCUT2D eigenvalue weighted by atomic mass is 16.3. The van der Waals surface area contributed by atoms with Crippen molar-refractivity contribution in [2.24, 2.45) is 22.7 Å². The largest absolute Gasteiger partial charge is 0.505 e. The van der Waals surface area contributed by atoms with Crippen LogP contribution in [0.25, 0.3) is 0 Å². The number of carbonyl (C=O) groups is 2. The second-order valence-electron chi connectivity index (χ2n) is 10.8. The van der Waals surface area contributed by atoms with E-state index in [1.54, 1.807) is 0 Å². The van der Waals surface area contributed by atoms with E-state index in [1.165, 1.54) is 17.2 Å². The lowest BCUT2D eigenvalue weighted by Gasteiger charge is -2.59. The first kappa shape index (κ1) is 23.5. The van der Waals surface area contributed by atoms with Gasteiger partial charge in [0.2, 0.25) is 11.6 Å². The van der Waals surface area contributed by atoms with Crippen molar-refractivity contribution in [1.82, 2.24) is 5.32 Å². The third kappa shape index (κ3) is 4.20. The van der Waals surface area contributed by atoms with Gasteiger partial charge in [0.1, 0.15) is 5.76 Å². The molecule has 4 rings (SSSR count). The number of ketones is 2. The lowest BCUT2D eigenvalue weighted by molar-refractivity contribution is -0.132. The van der Waals surface area contributed by atoms with Gasteiger partial charge in [0.15, 0.2) is 0 Å². The molecule has 0 heterocycles. The summed E-state index contributed by atoms with van der Waals surface area (Å²) in [6, 6.07) is 10.1. The molecular formula is C29H37NO3. The minimum atomic E-state index is -0.559. The molecule has 0 bridgehead atoms. The summed E-state index contributed by atoms with van der Waals surface area (Å²) in [4.78, 5) is 25.5. The molecule has 4 nitrogen and oxygen atoms in total. The fraction of sp³-hybridized carbons (Fsp3) is 0.517. The van der Waals surface area contributed by atoms with Crippen LogP contribution < -0.4 is 5.32 Å². The summed E-state index contributed by atoms with van der Waals surface area (Å²) in [6.07, 6.45) is 7.92. The predicted octanol–water partition coefficient (Wildman–Crippen LogP) is 5.86. The molecule has 0 saturated heterocycles. The van der Waals surface area contributed by atoms with E-state index in [1.807, 2.05) is 30.3 Å². The van der Waals surface area contributed by atoms with Crippen molar-refractivity contribution in [2.45, 2.75) is 65.7 Å². The molecular weight excluding hydrogens is 410 g/mol. The molecule has 0 spiro atoms. The Bertz CT molecular complexity index is 1020. The van der Waals surface area contributed by atoms with Gasteiger partial charge in [-0.15, -0.1) is 0 Å². The minimum absolute atomic E-state index is 0.0528. The van der Waals surface area contributed by atoms with E-state index in [2.05, 4.69) is 32.7 Å². The van der Waals surface area contributed by atoms with E-state index in [-0.39, 0.29) is 22.2 Å². The second-order valence-corrected chi connectivity index (χ2v) is 10.8. The number of allylic oxidation sites excluding steroid dienone is 3. The zero-order chi connectivity index (χ0) is 23.8. The Hall–Kier alpha value is -2.62. The van der Waals surface area contributed by atoms with Crippen molar-refractivity contribution in [1.29, 1.82) is 0 Å². The SMILES string of the molecule is C=C1CCC[C@H]2[C@](C)(CC3=C(O)C(NCCc4ccccc4)=CC(=O)C3=O)[C@@H](C)CC[C@]12C. The number of aliphatic hydroxyl groups excluding tert-OH is 1. The van der Waals surface area contributed by atoms with Gasteiger partial charge in [-0.2, -0.15) is 0 Å². The number of Topliss-reactive ketones (excluding diaryl/α,β-unsaturated/α-hetero) is 1. The van der Waals surface area contributed by atoms with Crippen LogP contribution in [0.4, 0.5) is 0 Å². The highest BCUT2D eigenvalue weighted by Gasteiger charge is 2.54. The molecule has 2 fully saturated rings. The Morgan fingerprint density at radius 3 is 2.61 bits per heavy atom. The van der Waals surface area contributed by atoms with E-state index in [0.717, 1.165) is 38.5 Å². The normalized spacial score (nSPS) is 32.5. The molecule has 4 atom stereocenters. The summed E-state index contributed by atoms with van der Waals surface area (Å²) in [6.45, 7) is 11.8. The number of aliphatic hydroxyl groups is 1. The Morgan fingerprint density at radius 2 is 1.88 bits per heavy atom. The van der Waals surface area contributed by atoms with Crippen LogP contribution in [0, 0.1) is 22.7 Å². The standard InChI is InChI=1S/C29H37NO3/c1-19-9-8-12-25-28(19,3)15-13-20(2)29(25,4)18-22-26(32)23(17-24(31)27(22)33)30-16-14-21-10-6-5-7-11-21/h5-7,10-11,17,20,25,30,32H,1,8-9,12-16,18H2,2-4H3/t20-,25+,28+,29+/m0/s1. The van der Waals surface area contributed by atoms with Gasteiger partial charge in [-0.3, -0.25) is 9.59 Å². The van der Waals surface area contributed by atoms with Crippen molar-refractivity contribution in [2.75, 3.05) is 6.54 Å². The monoisotopic (exact) mass is 447 g/mol. The lowest BCUT2D eigenvalue weighted by Crippen LogP contribution is -2.51. The van der Waals surface area contributed by atoms with Gasteiger partial charge in [-0.05, 0) is 73.2 Å². The van der Waals surface area contributed by atoms with Crippen LogP contribution in [0.3, 0.4) is 0 Å². The molecule has 0 radical (unpaired) electrons. The molecule has 1 aromatic rings. The van der Waals surface area contributed by atoms with Crippen molar-refractivity contribution in [3.8, 4) is 0 Å². The number of fused-ring (bicyclic) bond motifs is 1. The Morgan fingerprint density at radius 1 is 1.15 bits per heavy atom. The second kappa shape index (κ2) is 8.96. The van der Waals surface area contributed by atoms with Gasteiger partial charge in [0, 0.05) is 18.2 Å². The predicted molar refractivity (Wildman–Crippen MR) is 132 cm³/mol. The van der Waals surface area contributed by atoms with Crippen LogP contribution >= 0.6 is 0 Å². The number of nitrogens with one attached hydrogen (secondary N) is 1. The Labute approximate surface area is 197 Å². The molecule has 176 valence electrons. The van der Waals surface area contributed by atoms with E-state index >= 15 is 0 Å². The summed E-state index contributed by atoms with van der Waals surface area (Å²) < 4.78 is 0. The quantitative estimate of drug-likeness (QED) is 0.326. The minimum Gasteiger partial charge on any atom is -0.505 e. The molecule has 2 saturated carbocycles. The number of benzene rings is 1. The first-order chi connectivity index (χ1) is 15.7. The van der Waals surface area contributed by atoms with Crippen LogP contribution in [0.5, 0.6) is 0 Å². The molecule has 0 amide bonds. The van der Waals surface area contributed by atoms with E-state index in [9.17, 15) is 14.7 Å². The molecule has 1 aromatic carbocycles. The molecule has 4 heteroatoms. The molecule has 0 aromatic heterocycles. The average Bonchev–Trinajstić information content (AvgIpc) is 2.80. The topological polar surface area (TPSA) is 66.4 Å². The number of hydrogen-bond donors (Lipinski definition) is 2. The summed E-state index contributed by atoms with van der Waals surface area (Å²) >= 11 is 0. The maximum atomic E-state index is 12.9. The number of rotatable bonds is 6. The van der Waals surface area contributed by atoms with Gasteiger partial charge in [-0.1, -0.05) is 63.3 Å². The fourth-order valence-electron chi connectivity index (χ4n) is 6.62. The molecule has 3 aliphatic rings. The fourth-order valence-corrected chi connectivity index (χ4v) is 6.62. The maximum Gasteiger partial charge on any atom is 0.232 e. The van der Waals surface area contributed by atoms with Crippen LogP contribution in [0.15, 0.2) is 65.6 Å². The van der Waals surface area contributed by atoms with E-state index in [4.69, 9.17) is 0 Å². The van der Waals surface area contributed by atoms with Gasteiger partial charge in [0.25, 0.3) is 0 Å². The van der Waals surface area contributed by atoms with E-state index < -0.39 is 11.6 Å². The average molecular weight is 448 g/mol. The molecule has 33 heavy (non-hydrogen) atoms. The summed E-state index contributed by atoms with van der Waals surface area (Å²) in [5, 5.41) is 14.3. The van der Waals surface area contributed by atoms with Crippen molar-refractivity contribution in [3.63, 3.8) is 0 Å². The van der Waals surface area contributed by atoms with Crippen LogP contribution in [0.2, 0.25) is 0 Å². The number of hydrogen-bond acceptors (Lipinski definition) is 4. The van der Waals surface area contributed by atoms with Crippen molar-refractivity contribution < 1.29 is 14.7 Å². The molecule has 0 unspecified atom stereocenters. The maximum absolute atomic E-state index is 12.9. The number of carbonyl (C=O) groups excluding carboxylic acids is 2. The summed E-state index contributed by atoms with van der Waals surface area (Å²) in [5.41, 5.74) is 3.02. The third-order valence-electron chi connectivity index (χ3n) is 9.01. The summed E-state index contributed by atoms with van der Waals surface area (Å²) in [5.74, 6) is -0.379. The van der Waals surface area contributed by atoms with Crippen LogP contribution in [0.1, 0.15) is 64.9 Å². The zero-order valence-corrected chi connectivity index (χ0v) is 20.2. The molecule has 0 aliphatic heterocycles. The van der Waals surface area contributed by atoms with Gasteiger partial charge < -0.3 is 10.4 Å². The van der Waals surface area contributed by atoms with Gasteiger partial charge >= 0.3 is 0 Å². The first-order valence-electron chi connectivity index (χ1n) is 12.4. The summed E-state index contributed by atoms with van der Waals surface area (Å²) in [7, 11) is 0. The van der Waals surface area contributed by atoms with Crippen molar-refractivity contribution in [3.05, 3.63) is 71.2 Å². The van der Waals surface area contributed by atoms with E-state index in [0.29, 0.717) is 30.5 Å². The van der Waals surface area contributed by atoms with Gasteiger partial charge in [0.05, 0.1) is 5.70 Å². The zero-order valence-electron chi connectivity index (χ0n) is 20.2. The van der Waals surface area contributed by atoms with Crippen molar-refractivity contribution >= 4 is 11.6 Å². The highest BCUT2D eigenvalue weighted by molar-refractivity contribution is 6.48. The van der Waals surface area contributed by atoms with Crippen LogP contribution in [-0.4, -0.2) is 23.2 Å². The highest BCUT2D eigenvalue weighted by Crippen LogP contribution is 2.63. The Kier molecular flexibility index (Phi) is 6.39. The Balaban J connectivity index is 1.58. The smallest absolute Gasteiger partial charge is 0.232 e. The lowest BCUT2D eigenvalue weighted by atomic mass is 9.46. The molecule has 3 aliphatic carbocycles. The van der Waals surface area contributed by atoms with Crippen LogP contribution in [-0.2, 0) is 16.0 Å².